The molecule has 1 heterocycles. The Morgan fingerprint density at radius 1 is 1.78 bits per heavy atom. The summed E-state index contributed by atoms with van der Waals surface area (Å²) in [4.78, 5) is 6.75. The van der Waals surface area contributed by atoms with Gasteiger partial charge in [0.2, 0.25) is 0 Å². The van der Waals surface area contributed by atoms with E-state index in [-0.39, 0.29) is 0 Å². The maximum absolute atomic E-state index is 10.7. The molecule has 0 saturated carbocycles. The SMILES string of the molecule is Cc1c[nH]c([S+](C)[O-])n1. The number of H-pyrrole nitrogens is 1. The molecular weight excluding hydrogens is 136 g/mol. The van der Waals surface area contributed by atoms with Gasteiger partial charge in [0, 0.05) is 17.4 Å². The summed E-state index contributed by atoms with van der Waals surface area (Å²) < 4.78 is 10.7. The van der Waals surface area contributed by atoms with Crippen molar-refractivity contribution in [2.75, 3.05) is 6.26 Å². The lowest BCUT2D eigenvalue weighted by Crippen LogP contribution is -1.98. The predicted octanol–water partition coefficient (Wildman–Crippen LogP) is 0.456. The number of nitrogens with zero attached hydrogens (tertiary/aromatic N) is 1. The smallest absolute Gasteiger partial charge is 0.320 e. The van der Waals surface area contributed by atoms with Crippen LogP contribution in [-0.2, 0) is 11.2 Å². The number of aryl methyl sites for hydroxylation is 1. The zero-order chi connectivity index (χ0) is 6.85. The maximum atomic E-state index is 10.7. The molecule has 50 valence electrons. The highest BCUT2D eigenvalue weighted by Gasteiger charge is 2.05. The van der Waals surface area contributed by atoms with E-state index < -0.39 is 11.2 Å². The predicted molar refractivity (Wildman–Crippen MR) is 35.7 cm³/mol. The standard InChI is InChI=1S/C5H8N2OS/c1-4-3-6-5(7-4)9(2)8/h3H,1-2H3,(H,6,7). The molecule has 0 aromatic carbocycles. The Bertz CT molecular complexity index is 197. The van der Waals surface area contributed by atoms with Crippen LogP contribution >= 0.6 is 0 Å². The van der Waals surface area contributed by atoms with Crippen molar-refractivity contribution >= 4 is 11.2 Å². The fraction of sp³-hybridized carbons (Fsp3) is 0.400. The number of hydrogen-bond donors (Lipinski definition) is 1. The van der Waals surface area contributed by atoms with E-state index in [2.05, 4.69) is 9.97 Å². The lowest BCUT2D eigenvalue weighted by molar-refractivity contribution is 0.593. The number of hydrogen-bond acceptors (Lipinski definition) is 2. The van der Waals surface area contributed by atoms with Crippen LogP contribution in [0, 0.1) is 6.92 Å². The third-order valence-electron chi connectivity index (χ3n) is 0.955. The van der Waals surface area contributed by atoms with Gasteiger partial charge in [0.05, 0.1) is 5.69 Å². The Hall–Kier alpha value is -0.480. The topological polar surface area (TPSA) is 51.7 Å². The highest BCUT2D eigenvalue weighted by atomic mass is 32.2. The van der Waals surface area contributed by atoms with Gasteiger partial charge >= 0.3 is 5.16 Å². The molecule has 1 aromatic heterocycles. The molecule has 1 unspecified atom stereocenters. The minimum Gasteiger partial charge on any atom is -0.609 e. The maximum Gasteiger partial charge on any atom is 0.320 e. The molecule has 1 aromatic rings. The van der Waals surface area contributed by atoms with Crippen LogP contribution in [0.1, 0.15) is 5.69 Å². The van der Waals surface area contributed by atoms with E-state index in [9.17, 15) is 4.55 Å². The van der Waals surface area contributed by atoms with Crippen molar-refractivity contribution < 1.29 is 4.55 Å². The molecule has 1 atom stereocenters. The van der Waals surface area contributed by atoms with Crippen LogP contribution in [0.3, 0.4) is 0 Å². The number of imidazole rings is 1. The Morgan fingerprint density at radius 3 is 2.67 bits per heavy atom. The Morgan fingerprint density at radius 2 is 2.44 bits per heavy atom. The summed E-state index contributed by atoms with van der Waals surface area (Å²) in [5.74, 6) is 0. The van der Waals surface area contributed by atoms with E-state index in [0.717, 1.165) is 5.69 Å². The zero-order valence-corrected chi connectivity index (χ0v) is 6.16. The lowest BCUT2D eigenvalue weighted by atomic mass is 10.6. The van der Waals surface area contributed by atoms with Gasteiger partial charge in [-0.15, -0.1) is 0 Å². The minimum absolute atomic E-state index is 0.549. The van der Waals surface area contributed by atoms with Crippen molar-refractivity contribution in [3.05, 3.63) is 11.9 Å². The van der Waals surface area contributed by atoms with Gasteiger partial charge in [-0.3, -0.25) is 0 Å². The second-order valence-electron chi connectivity index (χ2n) is 1.80. The molecule has 0 aliphatic carbocycles. The quantitative estimate of drug-likeness (QED) is 0.582. The van der Waals surface area contributed by atoms with Crippen LogP contribution in [0.2, 0.25) is 0 Å². The molecule has 0 radical (unpaired) electrons. The van der Waals surface area contributed by atoms with Crippen molar-refractivity contribution in [3.63, 3.8) is 0 Å². The van der Waals surface area contributed by atoms with Gasteiger partial charge in [-0.25, -0.2) is 0 Å². The summed E-state index contributed by atoms with van der Waals surface area (Å²) >= 11 is -0.975. The first-order chi connectivity index (χ1) is 4.20. The first kappa shape index (κ1) is 6.64. The van der Waals surface area contributed by atoms with E-state index >= 15 is 0 Å². The fourth-order valence-electron chi connectivity index (χ4n) is 0.538. The largest absolute Gasteiger partial charge is 0.609 e. The second-order valence-corrected chi connectivity index (χ2v) is 3.10. The summed E-state index contributed by atoms with van der Waals surface area (Å²) in [5, 5.41) is 0.549. The fourth-order valence-corrected chi connectivity index (χ4v) is 1.04. The Balaban J connectivity index is 2.85. The van der Waals surface area contributed by atoms with Crippen LogP contribution < -0.4 is 0 Å². The average Bonchev–Trinajstić information content (AvgIpc) is 2.14. The van der Waals surface area contributed by atoms with Crippen molar-refractivity contribution in [3.8, 4) is 0 Å². The van der Waals surface area contributed by atoms with E-state index in [4.69, 9.17) is 0 Å². The molecule has 1 N–H and O–H groups in total. The normalized spacial score (nSPS) is 13.7. The average molecular weight is 144 g/mol. The molecule has 0 bridgehead atoms. The van der Waals surface area contributed by atoms with Gasteiger partial charge in [0.1, 0.15) is 6.26 Å². The molecule has 0 amide bonds. The summed E-state index contributed by atoms with van der Waals surface area (Å²) in [6.45, 7) is 1.85. The monoisotopic (exact) mass is 144 g/mol. The van der Waals surface area contributed by atoms with Crippen LogP contribution in [0.4, 0.5) is 0 Å². The molecule has 4 heteroatoms. The first-order valence-corrected chi connectivity index (χ1v) is 4.11. The number of nitrogens with one attached hydrogen (secondary N) is 1. The summed E-state index contributed by atoms with van der Waals surface area (Å²) in [5.41, 5.74) is 0.875. The van der Waals surface area contributed by atoms with Gasteiger partial charge < -0.3 is 9.54 Å². The lowest BCUT2D eigenvalue weighted by Gasteiger charge is -1.95. The Labute approximate surface area is 56.7 Å². The highest BCUT2D eigenvalue weighted by molar-refractivity contribution is 7.90. The highest BCUT2D eigenvalue weighted by Crippen LogP contribution is 2.01. The molecule has 1 rings (SSSR count). The summed E-state index contributed by atoms with van der Waals surface area (Å²) in [7, 11) is 0. The van der Waals surface area contributed by atoms with Gasteiger partial charge in [0.15, 0.2) is 0 Å². The summed E-state index contributed by atoms with van der Waals surface area (Å²) in [6, 6.07) is 0. The molecular formula is C5H8N2OS. The van der Waals surface area contributed by atoms with Crippen LogP contribution in [-0.4, -0.2) is 20.8 Å². The van der Waals surface area contributed by atoms with Crippen molar-refractivity contribution in [1.82, 2.24) is 9.97 Å². The zero-order valence-electron chi connectivity index (χ0n) is 5.34. The number of aromatic nitrogens is 2. The van der Waals surface area contributed by atoms with Gasteiger partial charge in [-0.1, -0.05) is 0 Å². The van der Waals surface area contributed by atoms with E-state index in [0.29, 0.717) is 5.16 Å². The third-order valence-corrected chi connectivity index (χ3v) is 1.71. The van der Waals surface area contributed by atoms with Gasteiger partial charge in [-0.05, 0) is 6.92 Å². The molecule has 0 spiro atoms. The number of rotatable bonds is 1. The molecule has 0 aliphatic heterocycles. The summed E-state index contributed by atoms with van der Waals surface area (Å²) in [6.07, 6.45) is 3.33. The Kier molecular flexibility index (Phi) is 1.78. The number of aromatic amines is 1. The minimum atomic E-state index is -0.975. The molecule has 3 nitrogen and oxygen atoms in total. The van der Waals surface area contributed by atoms with Crippen LogP contribution in [0.5, 0.6) is 0 Å². The van der Waals surface area contributed by atoms with E-state index in [1.54, 1.807) is 12.5 Å². The third kappa shape index (κ3) is 1.46. The van der Waals surface area contributed by atoms with Crippen molar-refractivity contribution in [1.29, 1.82) is 0 Å². The van der Waals surface area contributed by atoms with E-state index in [1.165, 1.54) is 0 Å². The van der Waals surface area contributed by atoms with Crippen molar-refractivity contribution in [2.45, 2.75) is 12.1 Å². The van der Waals surface area contributed by atoms with Gasteiger partial charge in [-0.2, -0.15) is 4.98 Å². The van der Waals surface area contributed by atoms with Gasteiger partial charge in [0.25, 0.3) is 0 Å². The first-order valence-electron chi connectivity index (χ1n) is 2.55. The van der Waals surface area contributed by atoms with Crippen LogP contribution in [0.15, 0.2) is 11.4 Å². The second kappa shape index (κ2) is 2.41. The molecule has 0 saturated heterocycles. The van der Waals surface area contributed by atoms with E-state index in [1.807, 2.05) is 6.92 Å². The van der Waals surface area contributed by atoms with Crippen LogP contribution in [0.25, 0.3) is 0 Å². The van der Waals surface area contributed by atoms with Crippen molar-refractivity contribution in [2.24, 2.45) is 0 Å². The molecule has 0 aliphatic rings. The molecule has 9 heavy (non-hydrogen) atoms. The molecule has 0 fully saturated rings.